The van der Waals surface area contributed by atoms with Gasteiger partial charge in [-0.3, -0.25) is 4.79 Å². The minimum atomic E-state index is -0.218. The van der Waals surface area contributed by atoms with Crippen molar-refractivity contribution < 1.29 is 19.2 Å². The van der Waals surface area contributed by atoms with Gasteiger partial charge in [-0.2, -0.15) is 0 Å². The molecule has 0 atom stereocenters. The van der Waals surface area contributed by atoms with Crippen molar-refractivity contribution in [2.24, 2.45) is 0 Å². The Balaban J connectivity index is 2.49. The second-order valence-corrected chi connectivity index (χ2v) is 1.56. The summed E-state index contributed by atoms with van der Waals surface area (Å²) in [5.74, 6) is 0.0918. The Labute approximate surface area is 56.2 Å². The molecule has 1 aromatic rings. The summed E-state index contributed by atoms with van der Waals surface area (Å²) in [6, 6.07) is 1.27. The van der Waals surface area contributed by atoms with Gasteiger partial charge in [-0.15, -0.1) is 0 Å². The van der Waals surface area contributed by atoms with Crippen LogP contribution in [0.3, 0.4) is 0 Å². The van der Waals surface area contributed by atoms with E-state index in [1.54, 1.807) is 0 Å². The van der Waals surface area contributed by atoms with Crippen molar-refractivity contribution in [3.8, 4) is 5.88 Å². The van der Waals surface area contributed by atoms with Gasteiger partial charge in [-0.05, 0) is 5.16 Å². The summed E-state index contributed by atoms with van der Waals surface area (Å²) in [6.45, 7) is 0.288. The highest BCUT2D eigenvalue weighted by atomic mass is 16.5. The second kappa shape index (κ2) is 2.86. The lowest BCUT2D eigenvalue weighted by molar-refractivity contribution is -0.130. The van der Waals surface area contributed by atoms with Crippen LogP contribution in [0.4, 0.5) is 0 Å². The standard InChI is InChI=1S/C5H5NO4/c7-3-9-2-4-1-5(8)6-10-4/h1,3H,2H2,(H,6,8). The maximum Gasteiger partial charge on any atom is 0.293 e. The van der Waals surface area contributed by atoms with Crippen molar-refractivity contribution in [3.05, 3.63) is 11.8 Å². The average Bonchev–Trinajstić information content (AvgIpc) is 2.31. The van der Waals surface area contributed by atoms with Crippen molar-refractivity contribution in [1.82, 2.24) is 5.16 Å². The Kier molecular flexibility index (Phi) is 1.89. The number of ether oxygens (including phenoxy) is 1. The highest BCUT2D eigenvalue weighted by molar-refractivity contribution is 5.37. The molecular weight excluding hydrogens is 138 g/mol. The first-order valence-electron chi connectivity index (χ1n) is 2.52. The first-order chi connectivity index (χ1) is 4.83. The number of hydrogen-bond donors (Lipinski definition) is 1. The molecular formula is C5H5NO4. The molecule has 0 aliphatic heterocycles. The van der Waals surface area contributed by atoms with E-state index in [0.29, 0.717) is 12.2 Å². The molecule has 0 saturated carbocycles. The molecule has 1 rings (SSSR count). The first kappa shape index (κ1) is 6.60. The monoisotopic (exact) mass is 143 g/mol. The molecule has 1 heterocycles. The smallest absolute Gasteiger partial charge is 0.293 e. The van der Waals surface area contributed by atoms with E-state index in [1.165, 1.54) is 6.07 Å². The van der Waals surface area contributed by atoms with Crippen LogP contribution in [0, 0.1) is 0 Å². The number of carbonyl (C=O) groups excluding carboxylic acids is 1. The summed E-state index contributed by atoms with van der Waals surface area (Å²) < 4.78 is 8.79. The van der Waals surface area contributed by atoms with E-state index >= 15 is 0 Å². The number of rotatable bonds is 3. The number of aromatic nitrogens is 1. The third-order valence-electron chi connectivity index (χ3n) is 0.840. The van der Waals surface area contributed by atoms with Crippen LogP contribution >= 0.6 is 0 Å². The van der Waals surface area contributed by atoms with E-state index in [2.05, 4.69) is 14.4 Å². The fraction of sp³-hybridized carbons (Fsp3) is 0.200. The van der Waals surface area contributed by atoms with Crippen LogP contribution in [0.2, 0.25) is 0 Å². The van der Waals surface area contributed by atoms with Crippen LogP contribution in [0.25, 0.3) is 0 Å². The molecule has 0 saturated heterocycles. The van der Waals surface area contributed by atoms with Gasteiger partial charge >= 0.3 is 0 Å². The highest BCUT2D eigenvalue weighted by Gasteiger charge is 2.00. The minimum absolute atomic E-state index is 0.00292. The molecule has 5 heteroatoms. The van der Waals surface area contributed by atoms with Crippen LogP contribution in [-0.2, 0) is 16.1 Å². The Morgan fingerprint density at radius 1 is 1.90 bits per heavy atom. The Hall–Kier alpha value is -1.52. The van der Waals surface area contributed by atoms with Crippen LogP contribution in [0.5, 0.6) is 5.88 Å². The number of hydrogen-bond acceptors (Lipinski definition) is 5. The molecule has 1 N–H and O–H groups in total. The lowest BCUT2D eigenvalue weighted by Gasteiger charge is -1.88. The van der Waals surface area contributed by atoms with Crippen LogP contribution < -0.4 is 0 Å². The normalized spacial score (nSPS) is 9.20. The molecule has 0 unspecified atom stereocenters. The molecule has 54 valence electrons. The van der Waals surface area contributed by atoms with Gasteiger partial charge in [0.25, 0.3) is 12.4 Å². The van der Waals surface area contributed by atoms with Crippen LogP contribution in [-0.4, -0.2) is 16.7 Å². The lowest BCUT2D eigenvalue weighted by atomic mass is 10.5. The fourth-order valence-corrected chi connectivity index (χ4v) is 0.486. The number of aromatic hydroxyl groups is 1. The highest BCUT2D eigenvalue weighted by Crippen LogP contribution is 2.08. The second-order valence-electron chi connectivity index (χ2n) is 1.56. The largest absolute Gasteiger partial charge is 0.491 e. The molecule has 1 aromatic heterocycles. The summed E-state index contributed by atoms with van der Waals surface area (Å²) in [4.78, 5) is 9.64. The zero-order valence-corrected chi connectivity index (χ0v) is 4.98. The third kappa shape index (κ3) is 1.48. The zero-order valence-electron chi connectivity index (χ0n) is 4.98. The fourth-order valence-electron chi connectivity index (χ4n) is 0.486. The summed E-state index contributed by atoms with van der Waals surface area (Å²) in [5, 5.41) is 11.8. The third-order valence-corrected chi connectivity index (χ3v) is 0.840. The predicted molar refractivity (Wildman–Crippen MR) is 29.0 cm³/mol. The van der Waals surface area contributed by atoms with E-state index in [0.717, 1.165) is 0 Å². The van der Waals surface area contributed by atoms with E-state index in [4.69, 9.17) is 5.11 Å². The van der Waals surface area contributed by atoms with E-state index in [-0.39, 0.29) is 12.5 Å². The number of nitrogens with zero attached hydrogens (tertiary/aromatic N) is 1. The van der Waals surface area contributed by atoms with Gasteiger partial charge in [0, 0.05) is 6.07 Å². The molecule has 10 heavy (non-hydrogen) atoms. The van der Waals surface area contributed by atoms with Crippen molar-refractivity contribution in [2.75, 3.05) is 0 Å². The molecule has 0 aromatic carbocycles. The Morgan fingerprint density at radius 2 is 2.70 bits per heavy atom. The van der Waals surface area contributed by atoms with E-state index in [9.17, 15) is 4.79 Å². The van der Waals surface area contributed by atoms with Crippen molar-refractivity contribution in [1.29, 1.82) is 0 Å². The van der Waals surface area contributed by atoms with Crippen molar-refractivity contribution in [3.63, 3.8) is 0 Å². The van der Waals surface area contributed by atoms with Gasteiger partial charge in [0.05, 0.1) is 0 Å². The van der Waals surface area contributed by atoms with E-state index < -0.39 is 0 Å². The first-order valence-corrected chi connectivity index (χ1v) is 2.52. The topological polar surface area (TPSA) is 72.6 Å². The van der Waals surface area contributed by atoms with Gasteiger partial charge in [-0.1, -0.05) is 0 Å². The SMILES string of the molecule is O=COCc1cc(O)no1. The van der Waals surface area contributed by atoms with Gasteiger partial charge in [0.15, 0.2) is 12.4 Å². The maximum absolute atomic E-state index is 9.64. The van der Waals surface area contributed by atoms with Crippen LogP contribution in [0.1, 0.15) is 5.76 Å². The number of carbonyl (C=O) groups is 1. The molecule has 0 aliphatic carbocycles. The molecule has 5 nitrogen and oxygen atoms in total. The summed E-state index contributed by atoms with van der Waals surface area (Å²) in [7, 11) is 0. The van der Waals surface area contributed by atoms with Crippen molar-refractivity contribution in [2.45, 2.75) is 6.61 Å². The maximum atomic E-state index is 9.64. The Morgan fingerprint density at radius 3 is 3.20 bits per heavy atom. The predicted octanol–water partition coefficient (Wildman–Crippen LogP) is 0.0532. The van der Waals surface area contributed by atoms with Crippen LogP contribution in [0.15, 0.2) is 10.6 Å². The van der Waals surface area contributed by atoms with Gasteiger partial charge in [-0.25, -0.2) is 0 Å². The lowest BCUT2D eigenvalue weighted by Crippen LogP contribution is -1.86. The molecule has 0 bridgehead atoms. The van der Waals surface area contributed by atoms with Gasteiger partial charge < -0.3 is 14.4 Å². The Bertz CT molecular complexity index is 219. The summed E-state index contributed by atoms with van der Waals surface area (Å²) in [5.41, 5.74) is 0. The van der Waals surface area contributed by atoms with Gasteiger partial charge in [0.2, 0.25) is 0 Å². The summed E-state index contributed by atoms with van der Waals surface area (Å²) >= 11 is 0. The quantitative estimate of drug-likeness (QED) is 0.605. The van der Waals surface area contributed by atoms with Gasteiger partial charge in [0.1, 0.15) is 0 Å². The molecule has 0 spiro atoms. The summed E-state index contributed by atoms with van der Waals surface area (Å²) in [6.07, 6.45) is 0. The van der Waals surface area contributed by atoms with E-state index in [1.807, 2.05) is 0 Å². The molecule has 0 amide bonds. The van der Waals surface area contributed by atoms with Crippen molar-refractivity contribution >= 4 is 6.47 Å². The molecule has 0 fully saturated rings. The molecule has 0 radical (unpaired) electrons. The minimum Gasteiger partial charge on any atom is -0.491 e. The average molecular weight is 143 g/mol. The molecule has 0 aliphatic rings. The zero-order chi connectivity index (χ0) is 7.40.